The fourth-order valence-corrected chi connectivity index (χ4v) is 2.83. The molecule has 2 aromatic rings. The number of piperazine rings is 1. The van der Waals surface area contributed by atoms with Crippen molar-refractivity contribution in [2.24, 2.45) is 0 Å². The Morgan fingerprint density at radius 2 is 1.77 bits per heavy atom. The number of rotatable bonds is 4. The molecule has 0 radical (unpaired) electrons. The molecule has 1 fully saturated rings. The second-order valence-electron chi connectivity index (χ2n) is 5.62. The number of amides is 1. The maximum atomic E-state index is 13.0. The van der Waals surface area contributed by atoms with Gasteiger partial charge in [-0.15, -0.1) is 0 Å². The molecule has 1 saturated heterocycles. The van der Waals surface area contributed by atoms with Gasteiger partial charge < -0.3 is 10.2 Å². The Morgan fingerprint density at radius 3 is 2.50 bits per heavy atom. The van der Waals surface area contributed by atoms with E-state index in [0.29, 0.717) is 13.1 Å². The van der Waals surface area contributed by atoms with Gasteiger partial charge >= 0.3 is 0 Å². The topological polar surface area (TPSA) is 32.3 Å². The summed E-state index contributed by atoms with van der Waals surface area (Å²) in [5.74, 6) is -0.160. The first-order valence-electron chi connectivity index (χ1n) is 7.51. The van der Waals surface area contributed by atoms with E-state index in [0.717, 1.165) is 18.5 Å². The Balaban J connectivity index is 1.75. The summed E-state index contributed by atoms with van der Waals surface area (Å²) >= 11 is 0. The van der Waals surface area contributed by atoms with Crippen LogP contribution in [0.5, 0.6) is 0 Å². The number of nitrogens with zero attached hydrogens (tertiary/aromatic N) is 1. The minimum Gasteiger partial charge on any atom is -0.333 e. The molecule has 0 aliphatic carbocycles. The van der Waals surface area contributed by atoms with Crippen molar-refractivity contribution in [1.29, 1.82) is 0 Å². The van der Waals surface area contributed by atoms with E-state index in [2.05, 4.69) is 17.4 Å². The van der Waals surface area contributed by atoms with Gasteiger partial charge in [-0.2, -0.15) is 0 Å². The van der Waals surface area contributed by atoms with Gasteiger partial charge in [0.05, 0.1) is 6.54 Å². The Morgan fingerprint density at radius 1 is 1.05 bits per heavy atom. The second kappa shape index (κ2) is 6.71. The Hall–Kier alpha value is -2.20. The molecule has 1 amide bonds. The van der Waals surface area contributed by atoms with Gasteiger partial charge in [-0.1, -0.05) is 42.5 Å². The summed E-state index contributed by atoms with van der Waals surface area (Å²) in [4.78, 5) is 14.2. The summed E-state index contributed by atoms with van der Waals surface area (Å²) in [5.41, 5.74) is 2.17. The van der Waals surface area contributed by atoms with Crippen LogP contribution in [0.25, 0.3) is 0 Å². The molecule has 2 aromatic carbocycles. The van der Waals surface area contributed by atoms with Crippen molar-refractivity contribution < 1.29 is 9.18 Å². The van der Waals surface area contributed by atoms with E-state index in [1.807, 2.05) is 23.1 Å². The van der Waals surface area contributed by atoms with Crippen molar-refractivity contribution in [2.75, 3.05) is 13.1 Å². The van der Waals surface area contributed by atoms with Crippen LogP contribution in [0.2, 0.25) is 0 Å². The van der Waals surface area contributed by atoms with Crippen LogP contribution in [0.4, 0.5) is 4.39 Å². The number of halogens is 1. The van der Waals surface area contributed by atoms with Crippen molar-refractivity contribution >= 4 is 5.91 Å². The second-order valence-corrected chi connectivity index (χ2v) is 5.62. The van der Waals surface area contributed by atoms with E-state index in [1.165, 1.54) is 17.7 Å². The lowest BCUT2D eigenvalue weighted by molar-refractivity contribution is -0.135. The molecule has 0 aromatic heterocycles. The summed E-state index contributed by atoms with van der Waals surface area (Å²) in [6, 6.07) is 16.6. The van der Waals surface area contributed by atoms with Crippen molar-refractivity contribution in [2.45, 2.75) is 19.0 Å². The third kappa shape index (κ3) is 3.52. The SMILES string of the molecule is O=C1CNC[C@H](Cc2ccccc2)N1Cc1ccc(F)cc1. The van der Waals surface area contributed by atoms with E-state index < -0.39 is 0 Å². The van der Waals surface area contributed by atoms with Gasteiger partial charge in [0.2, 0.25) is 5.91 Å². The number of benzene rings is 2. The highest BCUT2D eigenvalue weighted by Crippen LogP contribution is 2.16. The minimum absolute atomic E-state index is 0.0940. The average Bonchev–Trinajstić information content (AvgIpc) is 2.54. The number of hydrogen-bond acceptors (Lipinski definition) is 2. The lowest BCUT2D eigenvalue weighted by atomic mass is 10.0. The van der Waals surface area contributed by atoms with Crippen LogP contribution >= 0.6 is 0 Å². The van der Waals surface area contributed by atoms with E-state index in [9.17, 15) is 9.18 Å². The third-order valence-electron chi connectivity index (χ3n) is 4.00. The zero-order valence-corrected chi connectivity index (χ0v) is 12.3. The molecule has 0 spiro atoms. The molecule has 0 saturated carbocycles. The van der Waals surface area contributed by atoms with Crippen molar-refractivity contribution in [1.82, 2.24) is 10.2 Å². The zero-order valence-electron chi connectivity index (χ0n) is 12.3. The van der Waals surface area contributed by atoms with Crippen molar-refractivity contribution in [3.63, 3.8) is 0 Å². The molecular weight excluding hydrogens is 279 g/mol. The zero-order chi connectivity index (χ0) is 15.4. The molecule has 3 nitrogen and oxygen atoms in total. The first-order valence-corrected chi connectivity index (χ1v) is 7.51. The lowest BCUT2D eigenvalue weighted by Crippen LogP contribution is -2.55. The summed E-state index contributed by atoms with van der Waals surface area (Å²) in [7, 11) is 0. The first-order chi connectivity index (χ1) is 10.7. The summed E-state index contributed by atoms with van der Waals surface area (Å²) in [5, 5.41) is 3.18. The molecule has 0 bridgehead atoms. The molecule has 3 rings (SSSR count). The third-order valence-corrected chi connectivity index (χ3v) is 4.00. The molecule has 22 heavy (non-hydrogen) atoms. The summed E-state index contributed by atoms with van der Waals surface area (Å²) < 4.78 is 13.0. The van der Waals surface area contributed by atoms with Crippen molar-refractivity contribution in [3.8, 4) is 0 Å². The van der Waals surface area contributed by atoms with Crippen LogP contribution in [0.1, 0.15) is 11.1 Å². The van der Waals surface area contributed by atoms with Crippen LogP contribution < -0.4 is 5.32 Å². The number of carbonyl (C=O) groups is 1. The van der Waals surface area contributed by atoms with E-state index in [1.54, 1.807) is 12.1 Å². The predicted molar refractivity (Wildman–Crippen MR) is 83.8 cm³/mol. The van der Waals surface area contributed by atoms with Gasteiger partial charge in [-0.05, 0) is 29.7 Å². The monoisotopic (exact) mass is 298 g/mol. The van der Waals surface area contributed by atoms with Gasteiger partial charge in [0.25, 0.3) is 0 Å². The Kier molecular flexibility index (Phi) is 4.49. The van der Waals surface area contributed by atoms with E-state index >= 15 is 0 Å². The van der Waals surface area contributed by atoms with E-state index in [-0.39, 0.29) is 17.8 Å². The molecule has 1 atom stereocenters. The number of hydrogen-bond donors (Lipinski definition) is 1. The smallest absolute Gasteiger partial charge is 0.237 e. The highest BCUT2D eigenvalue weighted by molar-refractivity contribution is 5.79. The fraction of sp³-hybridized carbons (Fsp3) is 0.278. The Labute approximate surface area is 129 Å². The van der Waals surface area contributed by atoms with Crippen LogP contribution in [0.15, 0.2) is 54.6 Å². The van der Waals surface area contributed by atoms with Gasteiger partial charge in [0.1, 0.15) is 5.82 Å². The van der Waals surface area contributed by atoms with Crippen LogP contribution in [0.3, 0.4) is 0 Å². The quantitative estimate of drug-likeness (QED) is 0.940. The van der Waals surface area contributed by atoms with Crippen molar-refractivity contribution in [3.05, 3.63) is 71.5 Å². The normalized spacial score (nSPS) is 18.5. The molecular formula is C18H19FN2O. The minimum atomic E-state index is -0.253. The standard InChI is InChI=1S/C18H19FN2O/c19-16-8-6-15(7-9-16)13-21-17(11-20-12-18(21)22)10-14-4-2-1-3-5-14/h1-9,17,20H,10-13H2/t17-/m0/s1. The van der Waals surface area contributed by atoms with E-state index in [4.69, 9.17) is 0 Å². The number of nitrogens with one attached hydrogen (secondary N) is 1. The average molecular weight is 298 g/mol. The summed E-state index contributed by atoms with van der Waals surface area (Å²) in [6.45, 7) is 1.67. The molecule has 1 heterocycles. The Bertz CT molecular complexity index is 627. The fourth-order valence-electron chi connectivity index (χ4n) is 2.83. The molecule has 1 aliphatic rings. The predicted octanol–water partition coefficient (Wildman–Crippen LogP) is 2.37. The highest BCUT2D eigenvalue weighted by atomic mass is 19.1. The van der Waals surface area contributed by atoms with Gasteiger partial charge in [-0.3, -0.25) is 4.79 Å². The maximum absolute atomic E-state index is 13.0. The van der Waals surface area contributed by atoms with Gasteiger partial charge in [0.15, 0.2) is 0 Å². The van der Waals surface area contributed by atoms with Crippen LogP contribution in [0, 0.1) is 5.82 Å². The van der Waals surface area contributed by atoms with Gasteiger partial charge in [0, 0.05) is 19.1 Å². The van der Waals surface area contributed by atoms with Gasteiger partial charge in [-0.25, -0.2) is 4.39 Å². The highest BCUT2D eigenvalue weighted by Gasteiger charge is 2.27. The molecule has 1 aliphatic heterocycles. The van der Waals surface area contributed by atoms with Crippen LogP contribution in [-0.4, -0.2) is 29.9 Å². The molecule has 0 unspecified atom stereocenters. The number of carbonyl (C=O) groups excluding carboxylic acids is 1. The molecule has 1 N–H and O–H groups in total. The maximum Gasteiger partial charge on any atom is 0.237 e. The molecule has 4 heteroatoms. The largest absolute Gasteiger partial charge is 0.333 e. The summed E-state index contributed by atoms with van der Waals surface area (Å²) in [6.07, 6.45) is 0.820. The van der Waals surface area contributed by atoms with Crippen LogP contribution in [-0.2, 0) is 17.8 Å². The molecule has 114 valence electrons. The lowest BCUT2D eigenvalue weighted by Gasteiger charge is -2.36. The first kappa shape index (κ1) is 14.7.